The van der Waals surface area contributed by atoms with Gasteiger partial charge in [-0.1, -0.05) is 27.3 Å². The number of nitrogens with one attached hydrogen (secondary N) is 1. The summed E-state index contributed by atoms with van der Waals surface area (Å²) in [5, 5.41) is 9.32. The molecular formula is C10H6BrF3N4OS. The number of hydrogen-bond acceptors (Lipinski definition) is 5. The van der Waals surface area contributed by atoms with Gasteiger partial charge >= 0.3 is 6.18 Å². The van der Waals surface area contributed by atoms with Gasteiger partial charge in [0.2, 0.25) is 10.3 Å². The minimum atomic E-state index is -4.64. The minimum absolute atomic E-state index is 0.0311. The fraction of sp³-hybridized carbons (Fsp3) is 0.100. The van der Waals surface area contributed by atoms with E-state index in [4.69, 9.17) is 5.73 Å². The maximum absolute atomic E-state index is 12.9. The molecule has 1 aromatic heterocycles. The van der Waals surface area contributed by atoms with Gasteiger partial charge in [0, 0.05) is 4.47 Å². The maximum atomic E-state index is 12.9. The van der Waals surface area contributed by atoms with Crippen LogP contribution in [0.5, 0.6) is 0 Å². The predicted octanol–water partition coefficient (Wildman–Crippen LogP) is 3.15. The zero-order valence-corrected chi connectivity index (χ0v) is 11.9. The van der Waals surface area contributed by atoms with Crippen molar-refractivity contribution in [1.29, 1.82) is 0 Å². The van der Waals surface area contributed by atoms with Crippen molar-refractivity contribution >= 4 is 43.4 Å². The lowest BCUT2D eigenvalue weighted by atomic mass is 10.1. The molecule has 0 fully saturated rings. The molecule has 0 spiro atoms. The molecule has 1 amide bonds. The van der Waals surface area contributed by atoms with E-state index < -0.39 is 23.2 Å². The Morgan fingerprint density at radius 2 is 2.05 bits per heavy atom. The monoisotopic (exact) mass is 366 g/mol. The number of nitrogen functional groups attached to an aromatic ring is 1. The molecule has 1 heterocycles. The third-order valence-electron chi connectivity index (χ3n) is 2.19. The lowest BCUT2D eigenvalue weighted by molar-refractivity contribution is -0.137. The van der Waals surface area contributed by atoms with Crippen LogP contribution in [-0.2, 0) is 6.18 Å². The lowest BCUT2D eigenvalue weighted by Crippen LogP contribution is -2.18. The number of alkyl halides is 3. The van der Waals surface area contributed by atoms with Crippen LogP contribution in [0, 0.1) is 0 Å². The molecule has 10 heteroatoms. The third kappa shape index (κ3) is 3.25. The number of rotatable bonds is 2. The molecule has 0 aliphatic heterocycles. The minimum Gasteiger partial charge on any atom is -0.374 e. The van der Waals surface area contributed by atoms with Crippen LogP contribution < -0.4 is 11.1 Å². The Labute approximate surface area is 123 Å². The second-order valence-corrected chi connectivity index (χ2v) is 5.51. The second-order valence-electron chi connectivity index (χ2n) is 3.59. The molecule has 0 aliphatic carbocycles. The lowest BCUT2D eigenvalue weighted by Gasteiger charge is -2.12. The molecular weight excluding hydrogens is 361 g/mol. The Bertz CT molecular complexity index is 658. The van der Waals surface area contributed by atoms with Crippen LogP contribution in [0.25, 0.3) is 0 Å². The van der Waals surface area contributed by atoms with E-state index in [1.807, 2.05) is 0 Å². The van der Waals surface area contributed by atoms with Gasteiger partial charge in [0.1, 0.15) is 0 Å². The first-order valence-electron chi connectivity index (χ1n) is 5.04. The van der Waals surface area contributed by atoms with Crippen molar-refractivity contribution in [3.8, 4) is 0 Å². The summed E-state index contributed by atoms with van der Waals surface area (Å²) in [5.41, 5.74) is 3.77. The van der Waals surface area contributed by atoms with E-state index >= 15 is 0 Å². The van der Waals surface area contributed by atoms with Gasteiger partial charge in [-0.25, -0.2) is 0 Å². The van der Waals surface area contributed by atoms with Crippen molar-refractivity contribution in [2.24, 2.45) is 0 Å². The molecule has 0 unspecified atom stereocenters. The zero-order valence-electron chi connectivity index (χ0n) is 9.53. The standard InChI is InChI=1S/C10H6BrF3N4OS/c11-4-1-2-5(6(3-4)10(12,13)14)7(19)16-9-18-17-8(15)20-9/h1-3H,(H2,15,17)(H,16,18,19). The van der Waals surface area contributed by atoms with Gasteiger partial charge in [0.05, 0.1) is 11.1 Å². The number of benzene rings is 1. The first-order chi connectivity index (χ1) is 9.27. The summed E-state index contributed by atoms with van der Waals surface area (Å²) in [6.45, 7) is 0. The van der Waals surface area contributed by atoms with Crippen molar-refractivity contribution < 1.29 is 18.0 Å². The van der Waals surface area contributed by atoms with Crippen molar-refractivity contribution in [1.82, 2.24) is 10.2 Å². The zero-order chi connectivity index (χ0) is 14.9. The number of halogens is 4. The van der Waals surface area contributed by atoms with E-state index in [1.54, 1.807) is 0 Å². The van der Waals surface area contributed by atoms with E-state index in [-0.39, 0.29) is 14.7 Å². The average Bonchev–Trinajstić information content (AvgIpc) is 2.73. The van der Waals surface area contributed by atoms with Crippen LogP contribution in [0.2, 0.25) is 0 Å². The quantitative estimate of drug-likeness (QED) is 0.855. The molecule has 20 heavy (non-hydrogen) atoms. The molecule has 0 bridgehead atoms. The Morgan fingerprint density at radius 3 is 2.60 bits per heavy atom. The summed E-state index contributed by atoms with van der Waals surface area (Å²) in [5.74, 6) is -0.930. The number of nitrogens with zero attached hydrogens (tertiary/aromatic N) is 2. The van der Waals surface area contributed by atoms with Crippen LogP contribution in [0.1, 0.15) is 15.9 Å². The molecule has 0 radical (unpaired) electrons. The van der Waals surface area contributed by atoms with E-state index in [0.717, 1.165) is 23.5 Å². The van der Waals surface area contributed by atoms with Crippen LogP contribution in [0.4, 0.5) is 23.4 Å². The summed E-state index contributed by atoms with van der Waals surface area (Å²) in [4.78, 5) is 11.9. The summed E-state index contributed by atoms with van der Waals surface area (Å²) in [6.07, 6.45) is -4.64. The highest BCUT2D eigenvalue weighted by molar-refractivity contribution is 9.10. The van der Waals surface area contributed by atoms with Crippen molar-refractivity contribution in [2.45, 2.75) is 6.18 Å². The number of anilines is 2. The van der Waals surface area contributed by atoms with Gasteiger partial charge in [-0.05, 0) is 18.2 Å². The molecule has 5 nitrogen and oxygen atoms in total. The van der Waals surface area contributed by atoms with Crippen LogP contribution in [0.3, 0.4) is 0 Å². The second kappa shape index (κ2) is 5.37. The maximum Gasteiger partial charge on any atom is 0.417 e. The Balaban J connectivity index is 2.34. The van der Waals surface area contributed by atoms with Gasteiger partial charge in [-0.3, -0.25) is 10.1 Å². The fourth-order valence-corrected chi connectivity index (χ4v) is 2.26. The molecule has 2 aromatic rings. The molecule has 0 saturated carbocycles. The smallest absolute Gasteiger partial charge is 0.374 e. The Hall–Kier alpha value is -1.68. The summed E-state index contributed by atoms with van der Waals surface area (Å²) in [7, 11) is 0. The van der Waals surface area contributed by atoms with Crippen LogP contribution in [0.15, 0.2) is 22.7 Å². The first kappa shape index (κ1) is 14.7. The van der Waals surface area contributed by atoms with Gasteiger partial charge in [-0.2, -0.15) is 13.2 Å². The van der Waals surface area contributed by atoms with Gasteiger partial charge in [0.25, 0.3) is 5.91 Å². The molecule has 0 aliphatic rings. The number of carbonyl (C=O) groups excluding carboxylic acids is 1. The SMILES string of the molecule is Nc1nnc(NC(=O)c2ccc(Br)cc2C(F)(F)F)s1. The Kier molecular flexibility index (Phi) is 3.95. The highest BCUT2D eigenvalue weighted by atomic mass is 79.9. The van der Waals surface area contributed by atoms with Crippen LogP contribution in [-0.4, -0.2) is 16.1 Å². The van der Waals surface area contributed by atoms with E-state index in [9.17, 15) is 18.0 Å². The number of carbonyl (C=O) groups is 1. The predicted molar refractivity (Wildman–Crippen MR) is 71.4 cm³/mol. The summed E-state index contributed by atoms with van der Waals surface area (Å²) in [6, 6.07) is 3.26. The molecule has 3 N–H and O–H groups in total. The molecule has 1 aromatic carbocycles. The Morgan fingerprint density at radius 1 is 1.35 bits per heavy atom. The van der Waals surface area contributed by atoms with Crippen molar-refractivity contribution in [2.75, 3.05) is 11.1 Å². The van der Waals surface area contributed by atoms with Gasteiger partial charge in [0.15, 0.2) is 0 Å². The van der Waals surface area contributed by atoms with Gasteiger partial charge in [-0.15, -0.1) is 10.2 Å². The highest BCUT2D eigenvalue weighted by Crippen LogP contribution is 2.34. The average molecular weight is 367 g/mol. The van der Waals surface area contributed by atoms with E-state index in [0.29, 0.717) is 0 Å². The molecule has 2 rings (SSSR count). The topological polar surface area (TPSA) is 80.9 Å². The van der Waals surface area contributed by atoms with Gasteiger partial charge < -0.3 is 5.73 Å². The third-order valence-corrected chi connectivity index (χ3v) is 3.35. The van der Waals surface area contributed by atoms with Crippen molar-refractivity contribution in [3.63, 3.8) is 0 Å². The number of amides is 1. The number of aromatic nitrogens is 2. The fourth-order valence-electron chi connectivity index (χ4n) is 1.40. The molecule has 0 atom stereocenters. The molecule has 106 valence electrons. The number of nitrogens with two attached hydrogens (primary N) is 1. The highest BCUT2D eigenvalue weighted by Gasteiger charge is 2.35. The molecule has 0 saturated heterocycles. The summed E-state index contributed by atoms with van der Waals surface area (Å²) >= 11 is 3.80. The summed E-state index contributed by atoms with van der Waals surface area (Å²) < 4.78 is 38.9. The first-order valence-corrected chi connectivity index (χ1v) is 6.65. The van der Waals surface area contributed by atoms with E-state index in [1.165, 1.54) is 6.07 Å². The van der Waals surface area contributed by atoms with E-state index in [2.05, 4.69) is 31.4 Å². The number of hydrogen-bond donors (Lipinski definition) is 2. The van der Waals surface area contributed by atoms with Crippen molar-refractivity contribution in [3.05, 3.63) is 33.8 Å². The normalized spacial score (nSPS) is 11.4. The van der Waals surface area contributed by atoms with Crippen LogP contribution >= 0.6 is 27.3 Å². The largest absolute Gasteiger partial charge is 0.417 e.